The molecule has 0 spiro atoms. The number of carbonyl (C=O) groups is 2. The van der Waals surface area contributed by atoms with E-state index in [2.05, 4.69) is 24.1 Å². The zero-order valence-electron chi connectivity index (χ0n) is 20.8. The van der Waals surface area contributed by atoms with Crippen molar-refractivity contribution in [1.29, 1.82) is 0 Å². The van der Waals surface area contributed by atoms with E-state index < -0.39 is 0 Å². The van der Waals surface area contributed by atoms with E-state index in [0.29, 0.717) is 40.3 Å². The van der Waals surface area contributed by atoms with Crippen LogP contribution in [0, 0.1) is 11.8 Å². The molecular formula is C25H39ClN4O4. The fourth-order valence-electron chi connectivity index (χ4n) is 4.92. The van der Waals surface area contributed by atoms with Gasteiger partial charge in [0.15, 0.2) is 0 Å². The van der Waals surface area contributed by atoms with E-state index in [1.54, 1.807) is 19.2 Å². The van der Waals surface area contributed by atoms with Gasteiger partial charge >= 0.3 is 0 Å². The third-order valence-electron chi connectivity index (χ3n) is 6.89. The number of halogens is 1. The number of nitrogens with one attached hydrogen (secondary N) is 1. The van der Waals surface area contributed by atoms with Gasteiger partial charge in [0.25, 0.3) is 5.91 Å². The van der Waals surface area contributed by atoms with Crippen molar-refractivity contribution in [2.45, 2.75) is 51.7 Å². The molecule has 2 aliphatic heterocycles. The van der Waals surface area contributed by atoms with E-state index in [1.165, 1.54) is 7.11 Å². The Kier molecular flexibility index (Phi) is 9.45. The highest BCUT2D eigenvalue weighted by Gasteiger charge is 2.33. The van der Waals surface area contributed by atoms with Gasteiger partial charge in [0.2, 0.25) is 5.91 Å². The number of rotatable bonds is 8. The van der Waals surface area contributed by atoms with E-state index in [9.17, 15) is 9.59 Å². The summed E-state index contributed by atoms with van der Waals surface area (Å²) in [7, 11) is 3.19. The van der Waals surface area contributed by atoms with Gasteiger partial charge in [-0.3, -0.25) is 9.59 Å². The van der Waals surface area contributed by atoms with Crippen LogP contribution in [0.15, 0.2) is 12.1 Å². The summed E-state index contributed by atoms with van der Waals surface area (Å²) >= 11 is 6.13. The van der Waals surface area contributed by atoms with E-state index in [-0.39, 0.29) is 24.0 Å². The fraction of sp³-hybridized carbons (Fsp3) is 0.680. The number of nitrogens with two attached hydrogens (primary N) is 1. The number of carbonyl (C=O) groups excluding carboxylic acids is 2. The molecule has 1 aromatic rings. The highest BCUT2D eigenvalue weighted by molar-refractivity contribution is 6.33. The highest BCUT2D eigenvalue weighted by Crippen LogP contribution is 2.29. The van der Waals surface area contributed by atoms with Crippen molar-refractivity contribution in [1.82, 2.24) is 15.1 Å². The third kappa shape index (κ3) is 6.77. The Morgan fingerprint density at radius 1 is 1.18 bits per heavy atom. The number of nitrogen functional groups attached to an aromatic ring is 1. The van der Waals surface area contributed by atoms with Crippen molar-refractivity contribution in [3.8, 4) is 5.75 Å². The second kappa shape index (κ2) is 12.1. The molecule has 8 nitrogen and oxygen atoms in total. The average molecular weight is 495 g/mol. The Balaban J connectivity index is 1.51. The molecule has 0 radical (unpaired) electrons. The van der Waals surface area contributed by atoms with Crippen LogP contribution >= 0.6 is 11.6 Å². The minimum atomic E-state index is -0.252. The summed E-state index contributed by atoms with van der Waals surface area (Å²) in [5, 5.41) is 3.42. The Labute approximate surface area is 208 Å². The smallest absolute Gasteiger partial charge is 0.255 e. The molecule has 2 aliphatic rings. The first-order valence-corrected chi connectivity index (χ1v) is 12.6. The van der Waals surface area contributed by atoms with Gasteiger partial charge < -0.3 is 30.3 Å². The molecule has 2 unspecified atom stereocenters. The number of nitrogens with zero attached hydrogens (tertiary/aromatic N) is 2. The molecule has 0 bridgehead atoms. The number of piperidine rings is 2. The summed E-state index contributed by atoms with van der Waals surface area (Å²) in [6.07, 6.45) is 3.39. The zero-order chi connectivity index (χ0) is 24.8. The Morgan fingerprint density at radius 2 is 1.88 bits per heavy atom. The molecule has 0 aliphatic carbocycles. The molecule has 3 rings (SSSR count). The summed E-state index contributed by atoms with van der Waals surface area (Å²) in [5.74, 6) is 1.40. The fourth-order valence-corrected chi connectivity index (χ4v) is 5.08. The van der Waals surface area contributed by atoms with Gasteiger partial charge in [0.05, 0.1) is 35.5 Å². The Bertz CT molecular complexity index is 858. The first-order chi connectivity index (χ1) is 16.2. The van der Waals surface area contributed by atoms with Crippen molar-refractivity contribution in [2.75, 3.05) is 52.7 Å². The molecule has 9 heteroatoms. The summed E-state index contributed by atoms with van der Waals surface area (Å²) < 4.78 is 11.1. The summed E-state index contributed by atoms with van der Waals surface area (Å²) in [6.45, 7) is 8.51. The molecule has 2 saturated heterocycles. The minimum absolute atomic E-state index is 0.106. The van der Waals surface area contributed by atoms with Gasteiger partial charge in [0.1, 0.15) is 5.75 Å². The third-order valence-corrected chi connectivity index (χ3v) is 7.22. The van der Waals surface area contributed by atoms with Crippen LogP contribution < -0.4 is 15.8 Å². The normalized spacial score (nSPS) is 22.1. The average Bonchev–Trinajstić information content (AvgIpc) is 2.81. The van der Waals surface area contributed by atoms with Gasteiger partial charge in [-0.2, -0.15) is 0 Å². The topological polar surface area (TPSA) is 97.1 Å². The first-order valence-electron chi connectivity index (χ1n) is 12.2. The maximum Gasteiger partial charge on any atom is 0.255 e. The van der Waals surface area contributed by atoms with Crippen LogP contribution in [0.25, 0.3) is 0 Å². The number of methoxy groups -OCH3 is 2. The van der Waals surface area contributed by atoms with Crippen molar-refractivity contribution >= 4 is 29.1 Å². The first kappa shape index (κ1) is 26.6. The molecular weight excluding hydrogens is 456 g/mol. The van der Waals surface area contributed by atoms with Gasteiger partial charge in [0, 0.05) is 52.3 Å². The molecule has 1 aromatic carbocycles. The second-order valence-electron chi connectivity index (χ2n) is 9.90. The summed E-state index contributed by atoms with van der Waals surface area (Å²) in [6, 6.07) is 3.00. The predicted octanol–water partition coefficient (Wildman–Crippen LogP) is 3.03. The molecule has 2 heterocycles. The number of hydrogen-bond acceptors (Lipinski definition) is 6. The van der Waals surface area contributed by atoms with Crippen LogP contribution in [-0.4, -0.2) is 80.7 Å². The largest absolute Gasteiger partial charge is 0.496 e. The molecule has 190 valence electrons. The molecule has 3 N–H and O–H groups in total. The zero-order valence-corrected chi connectivity index (χ0v) is 21.6. The van der Waals surface area contributed by atoms with Gasteiger partial charge in [-0.15, -0.1) is 0 Å². The number of hydrogen-bond donors (Lipinski definition) is 2. The maximum atomic E-state index is 13.0. The van der Waals surface area contributed by atoms with Crippen LogP contribution in [0.1, 0.15) is 49.9 Å². The Hall–Kier alpha value is -2.03. The Morgan fingerprint density at radius 3 is 2.50 bits per heavy atom. The van der Waals surface area contributed by atoms with Crippen LogP contribution in [-0.2, 0) is 9.53 Å². The van der Waals surface area contributed by atoms with Crippen molar-refractivity contribution in [2.24, 2.45) is 11.8 Å². The van der Waals surface area contributed by atoms with E-state index in [0.717, 1.165) is 52.0 Å². The quantitative estimate of drug-likeness (QED) is 0.539. The number of anilines is 1. The van der Waals surface area contributed by atoms with Crippen LogP contribution in [0.5, 0.6) is 5.75 Å². The van der Waals surface area contributed by atoms with E-state index in [1.807, 2.05) is 4.90 Å². The molecule has 0 aromatic heterocycles. The van der Waals surface area contributed by atoms with Crippen molar-refractivity contribution < 1.29 is 19.1 Å². The summed E-state index contributed by atoms with van der Waals surface area (Å²) in [4.78, 5) is 29.8. The minimum Gasteiger partial charge on any atom is -0.496 e. The predicted molar refractivity (Wildman–Crippen MR) is 134 cm³/mol. The molecule has 34 heavy (non-hydrogen) atoms. The number of likely N-dealkylation sites (tertiary alicyclic amines) is 2. The number of benzene rings is 1. The van der Waals surface area contributed by atoms with Gasteiger partial charge in [-0.05, 0) is 37.2 Å². The molecule has 0 saturated carbocycles. The van der Waals surface area contributed by atoms with Crippen LogP contribution in [0.2, 0.25) is 5.02 Å². The highest BCUT2D eigenvalue weighted by atomic mass is 35.5. The number of amides is 2. The van der Waals surface area contributed by atoms with Crippen LogP contribution in [0.3, 0.4) is 0 Å². The number of ether oxygens (including phenoxy) is 2. The van der Waals surface area contributed by atoms with E-state index in [4.69, 9.17) is 26.8 Å². The monoisotopic (exact) mass is 494 g/mol. The lowest BCUT2D eigenvalue weighted by Crippen LogP contribution is -2.55. The van der Waals surface area contributed by atoms with Gasteiger partial charge in [-0.1, -0.05) is 25.4 Å². The lowest BCUT2D eigenvalue weighted by molar-refractivity contribution is -0.133. The summed E-state index contributed by atoms with van der Waals surface area (Å²) in [5.41, 5.74) is 6.57. The lowest BCUT2D eigenvalue weighted by atomic mass is 9.93. The van der Waals surface area contributed by atoms with Crippen molar-refractivity contribution in [3.63, 3.8) is 0 Å². The SMILES string of the molecule is COc1cc(N)c(Cl)cc1C(=O)NC1CCN(CC2CCN(C(=O)CC(C)C)CC2)CC1OC. The van der Waals surface area contributed by atoms with E-state index >= 15 is 0 Å². The van der Waals surface area contributed by atoms with Crippen molar-refractivity contribution in [3.05, 3.63) is 22.7 Å². The lowest BCUT2D eigenvalue weighted by Gasteiger charge is -2.41. The maximum absolute atomic E-state index is 13.0. The van der Waals surface area contributed by atoms with Crippen LogP contribution in [0.4, 0.5) is 5.69 Å². The second-order valence-corrected chi connectivity index (χ2v) is 10.3. The standard InChI is InChI=1S/C25H39ClN4O4/c1-16(2)11-24(31)30-9-5-17(6-10-30)14-29-8-7-21(23(15-29)34-4)28-25(32)18-12-19(26)20(27)13-22(18)33-3/h12-13,16-17,21,23H,5-11,14-15,27H2,1-4H3,(H,28,32). The molecule has 2 atom stereocenters. The molecule has 2 amide bonds. The van der Waals surface area contributed by atoms with Gasteiger partial charge in [-0.25, -0.2) is 0 Å². The molecule has 2 fully saturated rings.